The van der Waals surface area contributed by atoms with Crippen LogP contribution in [0.5, 0.6) is 0 Å². The molecule has 0 amide bonds. The highest BCUT2D eigenvalue weighted by atomic mass is 35.5. The van der Waals surface area contributed by atoms with Gasteiger partial charge in [0.2, 0.25) is 10.0 Å². The Bertz CT molecular complexity index is 1330. The summed E-state index contributed by atoms with van der Waals surface area (Å²) in [6, 6.07) is 27.0. The predicted octanol–water partition coefficient (Wildman–Crippen LogP) is 6.38. The van der Waals surface area contributed by atoms with Crippen LogP contribution in [0, 0.1) is 6.92 Å². The molecule has 0 saturated carbocycles. The standard InChI is InChI=1S/C26H23ClN2O3S/c1-20-7-9-21(10-8-20)18-29(33(30,31)26-15-11-22(27)12-16-26)19-25-14-13-24(32-25)17-28-23-5-3-2-4-6-23/h2-17H,18-19H2,1H3. The van der Waals surface area contributed by atoms with Crippen molar-refractivity contribution in [3.05, 3.63) is 119 Å². The van der Waals surface area contributed by atoms with E-state index in [1.807, 2.05) is 61.5 Å². The van der Waals surface area contributed by atoms with Crippen LogP contribution in [0.15, 0.2) is 105 Å². The highest BCUT2D eigenvalue weighted by molar-refractivity contribution is 7.89. The number of furan rings is 1. The molecule has 4 rings (SSSR count). The molecule has 3 aromatic carbocycles. The first-order valence-corrected chi connectivity index (χ1v) is 12.2. The van der Waals surface area contributed by atoms with Gasteiger partial charge in [0, 0.05) is 11.6 Å². The van der Waals surface area contributed by atoms with Crippen molar-refractivity contribution in [2.75, 3.05) is 0 Å². The number of benzene rings is 3. The average Bonchev–Trinajstić information content (AvgIpc) is 3.27. The van der Waals surface area contributed by atoms with E-state index in [0.717, 1.165) is 16.8 Å². The third-order valence-electron chi connectivity index (χ3n) is 5.04. The van der Waals surface area contributed by atoms with Gasteiger partial charge in [-0.05, 0) is 61.0 Å². The zero-order valence-electron chi connectivity index (χ0n) is 18.1. The Hall–Kier alpha value is -3.19. The minimum Gasteiger partial charge on any atom is -0.459 e. The number of para-hydroxylation sites is 1. The molecule has 0 unspecified atom stereocenters. The van der Waals surface area contributed by atoms with E-state index in [1.54, 1.807) is 30.5 Å². The molecule has 0 aliphatic carbocycles. The molecule has 0 N–H and O–H groups in total. The second kappa shape index (κ2) is 10.2. The molecule has 4 aromatic rings. The Kier molecular flexibility index (Phi) is 7.08. The van der Waals surface area contributed by atoms with Crippen LogP contribution in [0.4, 0.5) is 5.69 Å². The zero-order chi connectivity index (χ0) is 23.3. The fourth-order valence-corrected chi connectivity index (χ4v) is 4.77. The first kappa shape index (κ1) is 23.0. The van der Waals surface area contributed by atoms with Crippen LogP contribution in [0.25, 0.3) is 0 Å². The molecular formula is C26H23ClN2O3S. The Morgan fingerprint density at radius 3 is 2.27 bits per heavy atom. The number of aliphatic imine (C=N–C) groups is 1. The predicted molar refractivity (Wildman–Crippen MR) is 131 cm³/mol. The summed E-state index contributed by atoms with van der Waals surface area (Å²) >= 11 is 5.96. The number of sulfonamides is 1. The number of rotatable bonds is 8. The van der Waals surface area contributed by atoms with Crippen molar-refractivity contribution >= 4 is 33.5 Å². The monoisotopic (exact) mass is 478 g/mol. The van der Waals surface area contributed by atoms with E-state index in [0.29, 0.717) is 16.5 Å². The Morgan fingerprint density at radius 2 is 1.58 bits per heavy atom. The topological polar surface area (TPSA) is 62.9 Å². The van der Waals surface area contributed by atoms with Gasteiger partial charge in [-0.1, -0.05) is 59.6 Å². The maximum absolute atomic E-state index is 13.5. The summed E-state index contributed by atoms with van der Waals surface area (Å²) in [7, 11) is -3.79. The van der Waals surface area contributed by atoms with Gasteiger partial charge in [0.05, 0.1) is 23.3 Å². The summed E-state index contributed by atoms with van der Waals surface area (Å²) in [5.74, 6) is 1.07. The number of hydrogen-bond acceptors (Lipinski definition) is 4. The first-order valence-electron chi connectivity index (χ1n) is 10.4. The molecule has 1 aromatic heterocycles. The van der Waals surface area contributed by atoms with Gasteiger partial charge in [0.25, 0.3) is 0 Å². The fraction of sp³-hybridized carbons (Fsp3) is 0.115. The van der Waals surface area contributed by atoms with Gasteiger partial charge in [0.1, 0.15) is 11.5 Å². The molecule has 0 radical (unpaired) electrons. The molecule has 33 heavy (non-hydrogen) atoms. The molecule has 168 valence electrons. The average molecular weight is 479 g/mol. The lowest BCUT2D eigenvalue weighted by Crippen LogP contribution is -2.30. The summed E-state index contributed by atoms with van der Waals surface area (Å²) in [5, 5.41) is 0.479. The number of halogens is 1. The van der Waals surface area contributed by atoms with Crippen LogP contribution in [0.1, 0.15) is 22.6 Å². The van der Waals surface area contributed by atoms with E-state index >= 15 is 0 Å². The minimum atomic E-state index is -3.79. The highest BCUT2D eigenvalue weighted by Gasteiger charge is 2.26. The van der Waals surface area contributed by atoms with Crippen molar-refractivity contribution in [2.24, 2.45) is 4.99 Å². The van der Waals surface area contributed by atoms with E-state index in [-0.39, 0.29) is 18.0 Å². The third kappa shape index (κ3) is 5.99. The largest absolute Gasteiger partial charge is 0.459 e. The van der Waals surface area contributed by atoms with Crippen LogP contribution in [-0.2, 0) is 23.1 Å². The van der Waals surface area contributed by atoms with Crippen LogP contribution >= 0.6 is 11.6 Å². The molecule has 5 nitrogen and oxygen atoms in total. The molecule has 0 spiro atoms. The van der Waals surface area contributed by atoms with E-state index in [9.17, 15) is 8.42 Å². The summed E-state index contributed by atoms with van der Waals surface area (Å²) in [6.07, 6.45) is 1.62. The molecule has 1 heterocycles. The lowest BCUT2D eigenvalue weighted by molar-refractivity contribution is 0.357. The zero-order valence-corrected chi connectivity index (χ0v) is 19.6. The van der Waals surface area contributed by atoms with Gasteiger partial charge in [-0.15, -0.1) is 0 Å². The Morgan fingerprint density at radius 1 is 0.879 bits per heavy atom. The van der Waals surface area contributed by atoms with Crippen LogP contribution in [0.2, 0.25) is 5.02 Å². The minimum absolute atomic E-state index is 0.0814. The van der Waals surface area contributed by atoms with Crippen molar-refractivity contribution in [3.8, 4) is 0 Å². The first-order chi connectivity index (χ1) is 15.9. The normalized spacial score (nSPS) is 12.0. The number of nitrogens with zero attached hydrogens (tertiary/aromatic N) is 2. The quantitative estimate of drug-likeness (QED) is 0.276. The summed E-state index contributed by atoms with van der Waals surface area (Å²) < 4.78 is 34.2. The van der Waals surface area contributed by atoms with E-state index < -0.39 is 10.0 Å². The van der Waals surface area contributed by atoms with Crippen LogP contribution < -0.4 is 0 Å². The van der Waals surface area contributed by atoms with Gasteiger partial charge in [-0.25, -0.2) is 8.42 Å². The number of hydrogen-bond donors (Lipinski definition) is 0. The van der Waals surface area contributed by atoms with Crippen molar-refractivity contribution in [3.63, 3.8) is 0 Å². The van der Waals surface area contributed by atoms with Crippen molar-refractivity contribution in [1.82, 2.24) is 4.31 Å². The van der Waals surface area contributed by atoms with Gasteiger partial charge in [-0.3, -0.25) is 4.99 Å². The molecule has 7 heteroatoms. The summed E-state index contributed by atoms with van der Waals surface area (Å²) in [6.45, 7) is 2.28. The Balaban J connectivity index is 1.59. The molecule has 0 saturated heterocycles. The van der Waals surface area contributed by atoms with Gasteiger partial charge in [0.15, 0.2) is 0 Å². The van der Waals surface area contributed by atoms with Crippen molar-refractivity contribution in [1.29, 1.82) is 0 Å². The van der Waals surface area contributed by atoms with Gasteiger partial charge >= 0.3 is 0 Å². The SMILES string of the molecule is Cc1ccc(CN(Cc2ccc(C=Nc3ccccc3)o2)S(=O)(=O)c2ccc(Cl)cc2)cc1. The smallest absolute Gasteiger partial charge is 0.243 e. The third-order valence-corrected chi connectivity index (χ3v) is 7.10. The molecule has 0 fully saturated rings. The Labute approximate surface area is 199 Å². The van der Waals surface area contributed by atoms with Gasteiger partial charge < -0.3 is 4.42 Å². The summed E-state index contributed by atoms with van der Waals surface area (Å²) in [4.78, 5) is 4.56. The highest BCUT2D eigenvalue weighted by Crippen LogP contribution is 2.24. The van der Waals surface area contributed by atoms with E-state index in [1.165, 1.54) is 16.4 Å². The molecule has 0 aliphatic rings. The second-order valence-corrected chi connectivity index (χ2v) is 9.98. The van der Waals surface area contributed by atoms with Crippen molar-refractivity contribution < 1.29 is 12.8 Å². The maximum atomic E-state index is 13.5. The lowest BCUT2D eigenvalue weighted by Gasteiger charge is -2.21. The van der Waals surface area contributed by atoms with E-state index in [4.69, 9.17) is 16.0 Å². The molecule has 0 bridgehead atoms. The number of aryl methyl sites for hydroxylation is 1. The summed E-state index contributed by atoms with van der Waals surface area (Å²) in [5.41, 5.74) is 2.80. The lowest BCUT2D eigenvalue weighted by atomic mass is 10.1. The van der Waals surface area contributed by atoms with Crippen LogP contribution in [-0.4, -0.2) is 18.9 Å². The maximum Gasteiger partial charge on any atom is 0.243 e. The molecule has 0 aliphatic heterocycles. The van der Waals surface area contributed by atoms with Gasteiger partial charge in [-0.2, -0.15) is 4.31 Å². The van der Waals surface area contributed by atoms with Crippen molar-refractivity contribution in [2.45, 2.75) is 24.9 Å². The molecular weight excluding hydrogens is 456 g/mol. The second-order valence-electron chi connectivity index (χ2n) is 7.61. The fourth-order valence-electron chi connectivity index (χ4n) is 3.25. The van der Waals surface area contributed by atoms with Crippen LogP contribution in [0.3, 0.4) is 0 Å². The molecule has 0 atom stereocenters. The van der Waals surface area contributed by atoms with E-state index in [2.05, 4.69) is 4.99 Å².